The molecule has 0 bridgehead atoms. The van der Waals surface area contributed by atoms with Gasteiger partial charge in [-0.25, -0.2) is 9.97 Å². The molecule has 0 spiro atoms. The van der Waals surface area contributed by atoms with Gasteiger partial charge in [0.1, 0.15) is 6.42 Å². The normalized spacial score (nSPS) is 8.92. The average molecular weight is 176 g/mol. The summed E-state index contributed by atoms with van der Waals surface area (Å²) in [4.78, 5) is 18.7. The highest BCUT2D eigenvalue weighted by molar-refractivity contribution is 5.90. The summed E-state index contributed by atoms with van der Waals surface area (Å²) in [7, 11) is 0. The van der Waals surface area contributed by atoms with E-state index in [2.05, 4.69) is 15.3 Å². The van der Waals surface area contributed by atoms with Crippen molar-refractivity contribution in [1.82, 2.24) is 9.97 Å². The van der Waals surface area contributed by atoms with Gasteiger partial charge < -0.3 is 0 Å². The van der Waals surface area contributed by atoms with E-state index >= 15 is 0 Å². The van der Waals surface area contributed by atoms with Crippen LogP contribution >= 0.6 is 0 Å². The van der Waals surface area contributed by atoms with Crippen LogP contribution in [-0.4, -0.2) is 15.9 Å². The zero-order valence-electron chi connectivity index (χ0n) is 7.11. The third-order valence-corrected chi connectivity index (χ3v) is 1.29. The molecule has 0 aliphatic carbocycles. The molecule has 1 aromatic rings. The quantitative estimate of drug-likeness (QED) is 0.717. The molecule has 0 aromatic carbocycles. The number of nitrogens with one attached hydrogen (secondary N) is 1. The van der Waals surface area contributed by atoms with Gasteiger partial charge in [-0.3, -0.25) is 10.1 Å². The molecule has 0 saturated carbocycles. The predicted molar refractivity (Wildman–Crippen MR) is 45.6 cm³/mol. The summed E-state index contributed by atoms with van der Waals surface area (Å²) in [6, 6.07) is 3.46. The summed E-state index contributed by atoms with van der Waals surface area (Å²) in [5.41, 5.74) is 0.766. The molecule has 0 saturated heterocycles. The van der Waals surface area contributed by atoms with Crippen LogP contribution in [0.15, 0.2) is 12.3 Å². The molecule has 1 rings (SSSR count). The third kappa shape index (κ3) is 2.87. The summed E-state index contributed by atoms with van der Waals surface area (Å²) in [5, 5.41) is 10.6. The zero-order valence-corrected chi connectivity index (χ0v) is 7.11. The molecule has 1 N–H and O–H groups in total. The SMILES string of the molecule is Cc1ccnc(NC(=O)CC#N)n1. The molecule has 1 aromatic heterocycles. The highest BCUT2D eigenvalue weighted by Crippen LogP contribution is 1.98. The first-order valence-electron chi connectivity index (χ1n) is 3.69. The smallest absolute Gasteiger partial charge is 0.240 e. The largest absolute Gasteiger partial charge is 0.294 e. The maximum absolute atomic E-state index is 10.9. The van der Waals surface area contributed by atoms with Crippen molar-refractivity contribution < 1.29 is 4.79 Å². The van der Waals surface area contributed by atoms with E-state index in [1.165, 1.54) is 0 Å². The molecule has 0 radical (unpaired) electrons. The van der Waals surface area contributed by atoms with Crippen molar-refractivity contribution in [2.24, 2.45) is 0 Å². The molecule has 5 heteroatoms. The van der Waals surface area contributed by atoms with Crippen LogP contribution in [0.2, 0.25) is 0 Å². The number of aryl methyl sites for hydroxylation is 1. The number of hydrogen-bond donors (Lipinski definition) is 1. The van der Waals surface area contributed by atoms with Gasteiger partial charge in [0.2, 0.25) is 11.9 Å². The van der Waals surface area contributed by atoms with Gasteiger partial charge in [-0.05, 0) is 13.0 Å². The molecular formula is C8H8N4O. The van der Waals surface area contributed by atoms with Crippen molar-refractivity contribution in [3.05, 3.63) is 18.0 Å². The number of nitrogens with zero attached hydrogens (tertiary/aromatic N) is 3. The van der Waals surface area contributed by atoms with Crippen LogP contribution in [-0.2, 0) is 4.79 Å². The first-order valence-corrected chi connectivity index (χ1v) is 3.69. The summed E-state index contributed by atoms with van der Waals surface area (Å²) in [6.07, 6.45) is 1.36. The van der Waals surface area contributed by atoms with Crippen LogP contribution in [0.3, 0.4) is 0 Å². The molecule has 1 heterocycles. The number of amides is 1. The van der Waals surface area contributed by atoms with Gasteiger partial charge in [0.25, 0.3) is 0 Å². The van der Waals surface area contributed by atoms with E-state index < -0.39 is 5.91 Å². The minimum Gasteiger partial charge on any atom is -0.294 e. The van der Waals surface area contributed by atoms with Gasteiger partial charge in [-0.1, -0.05) is 0 Å². The van der Waals surface area contributed by atoms with Gasteiger partial charge in [0.15, 0.2) is 0 Å². The molecule has 0 fully saturated rings. The van der Waals surface area contributed by atoms with Crippen molar-refractivity contribution in [2.45, 2.75) is 13.3 Å². The van der Waals surface area contributed by atoms with Gasteiger partial charge in [0.05, 0.1) is 6.07 Å². The minimum absolute atomic E-state index is 0.183. The Balaban J connectivity index is 2.65. The van der Waals surface area contributed by atoms with E-state index in [-0.39, 0.29) is 12.4 Å². The Morgan fingerprint density at radius 3 is 3.15 bits per heavy atom. The first kappa shape index (κ1) is 9.13. The van der Waals surface area contributed by atoms with E-state index in [1.807, 2.05) is 0 Å². The second-order valence-electron chi connectivity index (χ2n) is 2.40. The number of carbonyl (C=O) groups is 1. The van der Waals surface area contributed by atoms with E-state index in [1.54, 1.807) is 25.3 Å². The Morgan fingerprint density at radius 2 is 2.54 bits per heavy atom. The van der Waals surface area contributed by atoms with Crippen LogP contribution in [0.25, 0.3) is 0 Å². The van der Waals surface area contributed by atoms with Gasteiger partial charge in [0, 0.05) is 11.9 Å². The number of carbonyl (C=O) groups excluding carboxylic acids is 1. The van der Waals surface area contributed by atoms with Crippen molar-refractivity contribution in [1.29, 1.82) is 5.26 Å². The number of nitriles is 1. The fraction of sp³-hybridized carbons (Fsp3) is 0.250. The van der Waals surface area contributed by atoms with Crippen LogP contribution in [0.4, 0.5) is 5.95 Å². The Bertz CT molecular complexity index is 355. The number of hydrogen-bond acceptors (Lipinski definition) is 4. The topological polar surface area (TPSA) is 78.7 Å². The Morgan fingerprint density at radius 1 is 1.77 bits per heavy atom. The Labute approximate surface area is 75.4 Å². The second-order valence-corrected chi connectivity index (χ2v) is 2.40. The van der Waals surface area contributed by atoms with Crippen molar-refractivity contribution >= 4 is 11.9 Å². The lowest BCUT2D eigenvalue weighted by molar-refractivity contribution is -0.115. The van der Waals surface area contributed by atoms with Gasteiger partial charge in [-0.2, -0.15) is 5.26 Å². The predicted octanol–water partition coefficient (Wildman–Crippen LogP) is 0.637. The van der Waals surface area contributed by atoms with E-state index in [0.29, 0.717) is 0 Å². The van der Waals surface area contributed by atoms with Crippen LogP contribution < -0.4 is 5.32 Å². The number of aromatic nitrogens is 2. The molecule has 0 aliphatic rings. The minimum atomic E-state index is -0.395. The number of anilines is 1. The fourth-order valence-electron chi connectivity index (χ4n) is 0.750. The lowest BCUT2D eigenvalue weighted by Gasteiger charge is -1.99. The van der Waals surface area contributed by atoms with E-state index in [9.17, 15) is 4.79 Å². The lowest BCUT2D eigenvalue weighted by Crippen LogP contribution is -2.12. The highest BCUT2D eigenvalue weighted by atomic mass is 16.1. The molecule has 0 atom stereocenters. The Hall–Kier alpha value is -1.96. The van der Waals surface area contributed by atoms with Crippen molar-refractivity contribution in [2.75, 3.05) is 5.32 Å². The second kappa shape index (κ2) is 4.16. The van der Waals surface area contributed by atoms with E-state index in [0.717, 1.165) is 5.69 Å². The molecule has 5 nitrogen and oxygen atoms in total. The van der Waals surface area contributed by atoms with Gasteiger partial charge in [-0.15, -0.1) is 0 Å². The first-order chi connectivity index (χ1) is 6.22. The molecule has 1 amide bonds. The number of rotatable bonds is 2. The third-order valence-electron chi connectivity index (χ3n) is 1.29. The summed E-state index contributed by atoms with van der Waals surface area (Å²) >= 11 is 0. The van der Waals surface area contributed by atoms with E-state index in [4.69, 9.17) is 5.26 Å². The molecular weight excluding hydrogens is 168 g/mol. The Kier molecular flexibility index (Phi) is 2.92. The fourth-order valence-corrected chi connectivity index (χ4v) is 0.750. The average Bonchev–Trinajstić information content (AvgIpc) is 2.04. The highest BCUT2D eigenvalue weighted by Gasteiger charge is 2.02. The van der Waals surface area contributed by atoms with Crippen molar-refractivity contribution in [3.8, 4) is 6.07 Å². The lowest BCUT2D eigenvalue weighted by atomic mass is 10.4. The van der Waals surface area contributed by atoms with Gasteiger partial charge >= 0.3 is 0 Å². The van der Waals surface area contributed by atoms with Crippen LogP contribution in [0.1, 0.15) is 12.1 Å². The molecule has 0 unspecified atom stereocenters. The van der Waals surface area contributed by atoms with Crippen LogP contribution in [0, 0.1) is 18.3 Å². The summed E-state index contributed by atoms with van der Waals surface area (Å²) in [6.45, 7) is 1.79. The van der Waals surface area contributed by atoms with Crippen LogP contribution in [0.5, 0.6) is 0 Å². The monoisotopic (exact) mass is 176 g/mol. The van der Waals surface area contributed by atoms with Crippen molar-refractivity contribution in [3.63, 3.8) is 0 Å². The maximum atomic E-state index is 10.9. The standard InChI is InChI=1S/C8H8N4O/c1-6-3-5-10-8(11-6)12-7(13)2-4-9/h3,5H,2H2,1H3,(H,10,11,12,13). The summed E-state index contributed by atoms with van der Waals surface area (Å²) in [5.74, 6) is -0.159. The molecule has 66 valence electrons. The zero-order chi connectivity index (χ0) is 9.68. The maximum Gasteiger partial charge on any atom is 0.240 e. The summed E-state index contributed by atoms with van der Waals surface area (Å²) < 4.78 is 0. The molecule has 13 heavy (non-hydrogen) atoms. The molecule has 0 aliphatic heterocycles.